The first-order valence-corrected chi connectivity index (χ1v) is 5.96. The van der Waals surface area contributed by atoms with Crippen molar-refractivity contribution in [1.82, 2.24) is 10.3 Å². The SMILES string of the molecule is CC(NC(=O)CC(N)C(C)C)c1ccccn1. The topological polar surface area (TPSA) is 68.0 Å². The third kappa shape index (κ3) is 4.53. The van der Waals surface area contributed by atoms with Crippen molar-refractivity contribution in [2.24, 2.45) is 11.7 Å². The molecule has 0 aliphatic rings. The number of hydrogen-bond donors (Lipinski definition) is 2. The molecule has 0 radical (unpaired) electrons. The van der Waals surface area contributed by atoms with Gasteiger partial charge in [0.05, 0.1) is 11.7 Å². The zero-order valence-electron chi connectivity index (χ0n) is 10.7. The van der Waals surface area contributed by atoms with Gasteiger partial charge in [0.25, 0.3) is 0 Å². The summed E-state index contributed by atoms with van der Waals surface area (Å²) < 4.78 is 0. The molecule has 0 saturated carbocycles. The molecule has 0 bridgehead atoms. The Bertz CT molecular complexity index is 351. The van der Waals surface area contributed by atoms with E-state index in [-0.39, 0.29) is 18.0 Å². The number of nitrogens with zero attached hydrogens (tertiary/aromatic N) is 1. The van der Waals surface area contributed by atoms with Crippen LogP contribution in [0.1, 0.15) is 38.9 Å². The van der Waals surface area contributed by atoms with Crippen molar-refractivity contribution < 1.29 is 4.79 Å². The van der Waals surface area contributed by atoms with Gasteiger partial charge in [-0.2, -0.15) is 0 Å². The molecular weight excluding hydrogens is 214 g/mol. The summed E-state index contributed by atoms with van der Waals surface area (Å²) in [5.74, 6) is 0.287. The third-order valence-corrected chi connectivity index (χ3v) is 2.79. The van der Waals surface area contributed by atoms with Gasteiger partial charge in [-0.1, -0.05) is 19.9 Å². The lowest BCUT2D eigenvalue weighted by atomic mass is 10.0. The van der Waals surface area contributed by atoms with E-state index in [0.717, 1.165) is 5.69 Å². The fraction of sp³-hybridized carbons (Fsp3) is 0.538. The van der Waals surface area contributed by atoms with Gasteiger partial charge in [-0.05, 0) is 25.0 Å². The minimum Gasteiger partial charge on any atom is -0.348 e. The maximum Gasteiger partial charge on any atom is 0.222 e. The van der Waals surface area contributed by atoms with Gasteiger partial charge < -0.3 is 11.1 Å². The maximum absolute atomic E-state index is 11.7. The predicted molar refractivity (Wildman–Crippen MR) is 68.2 cm³/mol. The van der Waals surface area contributed by atoms with Crippen molar-refractivity contribution in [3.63, 3.8) is 0 Å². The lowest BCUT2D eigenvalue weighted by Crippen LogP contribution is -2.36. The van der Waals surface area contributed by atoms with Crippen LogP contribution in [0.3, 0.4) is 0 Å². The molecule has 1 amide bonds. The van der Waals surface area contributed by atoms with Crippen LogP contribution in [-0.4, -0.2) is 16.9 Å². The van der Waals surface area contributed by atoms with E-state index in [4.69, 9.17) is 5.73 Å². The summed E-state index contributed by atoms with van der Waals surface area (Å²) in [5.41, 5.74) is 6.72. The normalized spacial score (nSPS) is 14.4. The number of aromatic nitrogens is 1. The summed E-state index contributed by atoms with van der Waals surface area (Å²) >= 11 is 0. The summed E-state index contributed by atoms with van der Waals surface area (Å²) in [7, 11) is 0. The number of hydrogen-bond acceptors (Lipinski definition) is 3. The first-order chi connectivity index (χ1) is 8.00. The average molecular weight is 235 g/mol. The molecule has 0 fully saturated rings. The van der Waals surface area contributed by atoms with Crippen LogP contribution in [-0.2, 0) is 4.79 Å². The lowest BCUT2D eigenvalue weighted by Gasteiger charge is -2.17. The zero-order chi connectivity index (χ0) is 12.8. The van der Waals surface area contributed by atoms with Gasteiger partial charge in [-0.3, -0.25) is 9.78 Å². The van der Waals surface area contributed by atoms with E-state index in [1.165, 1.54) is 0 Å². The van der Waals surface area contributed by atoms with Crippen molar-refractivity contribution in [3.05, 3.63) is 30.1 Å². The van der Waals surface area contributed by atoms with E-state index < -0.39 is 0 Å². The van der Waals surface area contributed by atoms with Crippen LogP contribution in [0.15, 0.2) is 24.4 Å². The van der Waals surface area contributed by atoms with E-state index in [9.17, 15) is 4.79 Å². The molecule has 0 spiro atoms. The zero-order valence-corrected chi connectivity index (χ0v) is 10.7. The van der Waals surface area contributed by atoms with Gasteiger partial charge in [-0.25, -0.2) is 0 Å². The molecular formula is C13H21N3O. The molecule has 17 heavy (non-hydrogen) atoms. The maximum atomic E-state index is 11.7. The fourth-order valence-electron chi connectivity index (χ4n) is 1.46. The Kier molecular flexibility index (Phi) is 5.10. The van der Waals surface area contributed by atoms with E-state index in [0.29, 0.717) is 12.3 Å². The quantitative estimate of drug-likeness (QED) is 0.815. The highest BCUT2D eigenvalue weighted by Crippen LogP contribution is 2.09. The van der Waals surface area contributed by atoms with Crippen molar-refractivity contribution in [1.29, 1.82) is 0 Å². The standard InChI is InChI=1S/C13H21N3O/c1-9(2)11(14)8-13(17)16-10(3)12-6-4-5-7-15-12/h4-7,9-11H,8,14H2,1-3H3,(H,16,17). The summed E-state index contributed by atoms with van der Waals surface area (Å²) in [6, 6.07) is 5.49. The van der Waals surface area contributed by atoms with Gasteiger partial charge in [-0.15, -0.1) is 0 Å². The molecule has 0 saturated heterocycles. The predicted octanol–water partition coefficient (Wildman–Crippen LogP) is 1.63. The monoisotopic (exact) mass is 235 g/mol. The van der Waals surface area contributed by atoms with Crippen LogP contribution in [0, 0.1) is 5.92 Å². The molecule has 94 valence electrons. The van der Waals surface area contributed by atoms with Crippen molar-refractivity contribution in [2.45, 2.75) is 39.3 Å². The van der Waals surface area contributed by atoms with Gasteiger partial charge in [0, 0.05) is 18.7 Å². The van der Waals surface area contributed by atoms with Gasteiger partial charge >= 0.3 is 0 Å². The van der Waals surface area contributed by atoms with Crippen molar-refractivity contribution in [2.75, 3.05) is 0 Å². The minimum absolute atomic E-state index is 0.0237. The molecule has 1 rings (SSSR count). The highest BCUT2D eigenvalue weighted by Gasteiger charge is 2.15. The lowest BCUT2D eigenvalue weighted by molar-refractivity contribution is -0.122. The van der Waals surface area contributed by atoms with Crippen LogP contribution in [0.25, 0.3) is 0 Å². The first-order valence-electron chi connectivity index (χ1n) is 5.96. The molecule has 3 N–H and O–H groups in total. The molecule has 4 heteroatoms. The Morgan fingerprint density at radius 2 is 2.12 bits per heavy atom. The van der Waals surface area contributed by atoms with Crippen LogP contribution in [0.5, 0.6) is 0 Å². The number of carbonyl (C=O) groups is 1. The second kappa shape index (κ2) is 6.35. The van der Waals surface area contributed by atoms with Crippen LogP contribution in [0.2, 0.25) is 0 Å². The number of amides is 1. The fourth-order valence-corrected chi connectivity index (χ4v) is 1.46. The Morgan fingerprint density at radius 1 is 1.41 bits per heavy atom. The summed E-state index contributed by atoms with van der Waals surface area (Å²) in [6.45, 7) is 5.95. The Hall–Kier alpha value is -1.42. The van der Waals surface area contributed by atoms with E-state index in [1.54, 1.807) is 6.20 Å². The number of rotatable bonds is 5. The van der Waals surface area contributed by atoms with Crippen LogP contribution < -0.4 is 11.1 Å². The molecule has 0 aliphatic carbocycles. The van der Waals surface area contributed by atoms with E-state index >= 15 is 0 Å². The number of pyridine rings is 1. The summed E-state index contributed by atoms with van der Waals surface area (Å²) in [4.78, 5) is 15.9. The van der Waals surface area contributed by atoms with Crippen LogP contribution >= 0.6 is 0 Å². The van der Waals surface area contributed by atoms with E-state index in [2.05, 4.69) is 10.3 Å². The molecule has 2 atom stereocenters. The second-order valence-corrected chi connectivity index (χ2v) is 4.66. The highest BCUT2D eigenvalue weighted by molar-refractivity contribution is 5.77. The van der Waals surface area contributed by atoms with Crippen LogP contribution in [0.4, 0.5) is 0 Å². The Morgan fingerprint density at radius 3 is 2.65 bits per heavy atom. The van der Waals surface area contributed by atoms with Gasteiger partial charge in [0.2, 0.25) is 5.91 Å². The highest BCUT2D eigenvalue weighted by atomic mass is 16.1. The van der Waals surface area contributed by atoms with Gasteiger partial charge in [0.1, 0.15) is 0 Å². The van der Waals surface area contributed by atoms with E-state index in [1.807, 2.05) is 39.0 Å². The molecule has 4 nitrogen and oxygen atoms in total. The smallest absolute Gasteiger partial charge is 0.222 e. The van der Waals surface area contributed by atoms with Crippen molar-refractivity contribution in [3.8, 4) is 0 Å². The number of carbonyl (C=O) groups excluding carboxylic acids is 1. The minimum atomic E-state index is -0.0917. The molecule has 1 aromatic heterocycles. The number of nitrogens with one attached hydrogen (secondary N) is 1. The molecule has 1 heterocycles. The second-order valence-electron chi connectivity index (χ2n) is 4.66. The van der Waals surface area contributed by atoms with Crippen molar-refractivity contribution >= 4 is 5.91 Å². The molecule has 1 aromatic rings. The van der Waals surface area contributed by atoms with Gasteiger partial charge in [0.15, 0.2) is 0 Å². The average Bonchev–Trinajstić information content (AvgIpc) is 2.29. The summed E-state index contributed by atoms with van der Waals surface area (Å²) in [6.07, 6.45) is 2.08. The molecule has 0 aliphatic heterocycles. The first kappa shape index (κ1) is 13.6. The molecule has 2 unspecified atom stereocenters. The Labute approximate surface area is 103 Å². The summed E-state index contributed by atoms with van der Waals surface area (Å²) in [5, 5.41) is 2.90. The number of nitrogens with two attached hydrogens (primary N) is 1. The Balaban J connectivity index is 2.47. The molecule has 0 aromatic carbocycles. The third-order valence-electron chi connectivity index (χ3n) is 2.79. The largest absolute Gasteiger partial charge is 0.348 e.